The maximum Gasteiger partial charge on any atom is 0.145 e. The summed E-state index contributed by atoms with van der Waals surface area (Å²) in [6.07, 6.45) is 1.76. The monoisotopic (exact) mass is 199 g/mol. The molecule has 0 bridgehead atoms. The minimum Gasteiger partial charge on any atom is -0.382 e. The molecule has 15 heavy (non-hydrogen) atoms. The van der Waals surface area contributed by atoms with E-state index in [9.17, 15) is 0 Å². The second-order valence-electron chi connectivity index (χ2n) is 3.24. The van der Waals surface area contributed by atoms with Crippen LogP contribution in [0, 0.1) is 0 Å². The quantitative estimate of drug-likeness (QED) is 0.593. The van der Waals surface area contributed by atoms with Crippen molar-refractivity contribution in [1.29, 1.82) is 0 Å². The van der Waals surface area contributed by atoms with Crippen molar-refractivity contribution in [2.75, 3.05) is 6.54 Å². The molecule has 1 aromatic carbocycles. The van der Waals surface area contributed by atoms with E-state index in [-0.39, 0.29) is 0 Å². The molecule has 2 aromatic rings. The Balaban J connectivity index is 2.66. The summed E-state index contributed by atoms with van der Waals surface area (Å²) in [5.41, 5.74) is 6.63. The lowest BCUT2D eigenvalue weighted by Gasteiger charge is -2.04. The second-order valence-corrected chi connectivity index (χ2v) is 3.24. The highest BCUT2D eigenvalue weighted by Gasteiger charge is 2.04. The Morgan fingerprint density at radius 2 is 2.13 bits per heavy atom. The highest BCUT2D eigenvalue weighted by molar-refractivity contribution is 6.07. The van der Waals surface area contributed by atoms with E-state index >= 15 is 0 Å². The van der Waals surface area contributed by atoms with E-state index in [0.29, 0.717) is 12.4 Å². The highest BCUT2D eigenvalue weighted by atomic mass is 14.9. The second kappa shape index (κ2) is 4.09. The molecule has 0 spiro atoms. The van der Waals surface area contributed by atoms with Crippen LogP contribution in [0.1, 0.15) is 12.6 Å². The van der Waals surface area contributed by atoms with E-state index in [1.165, 1.54) is 0 Å². The summed E-state index contributed by atoms with van der Waals surface area (Å²) in [5.74, 6) is 0.509. The lowest BCUT2D eigenvalue weighted by Crippen LogP contribution is -2.15. The van der Waals surface area contributed by atoms with Gasteiger partial charge in [0.15, 0.2) is 0 Å². The van der Waals surface area contributed by atoms with Crippen LogP contribution in [0.25, 0.3) is 10.8 Å². The van der Waals surface area contributed by atoms with Crippen molar-refractivity contribution in [3.63, 3.8) is 0 Å². The molecule has 0 radical (unpaired) electrons. The zero-order chi connectivity index (χ0) is 10.7. The first-order valence-corrected chi connectivity index (χ1v) is 4.97. The van der Waals surface area contributed by atoms with Crippen LogP contribution in [-0.4, -0.2) is 17.4 Å². The van der Waals surface area contributed by atoms with Crippen LogP contribution >= 0.6 is 0 Å². The summed E-state index contributed by atoms with van der Waals surface area (Å²) in [5, 5.41) is 2.19. The zero-order valence-electron chi connectivity index (χ0n) is 8.64. The van der Waals surface area contributed by atoms with Gasteiger partial charge in [-0.15, -0.1) is 0 Å². The smallest absolute Gasteiger partial charge is 0.145 e. The molecule has 0 fully saturated rings. The summed E-state index contributed by atoms with van der Waals surface area (Å²) in [6, 6.07) is 10.00. The first-order chi connectivity index (χ1) is 7.33. The van der Waals surface area contributed by atoms with Crippen molar-refractivity contribution in [2.45, 2.75) is 6.92 Å². The van der Waals surface area contributed by atoms with Gasteiger partial charge >= 0.3 is 0 Å². The Labute approximate surface area is 88.7 Å². The number of nitrogens with zero attached hydrogens (tertiary/aromatic N) is 2. The minimum absolute atomic E-state index is 0.509. The highest BCUT2D eigenvalue weighted by Crippen LogP contribution is 2.15. The molecule has 3 nitrogen and oxygen atoms in total. The molecule has 0 aliphatic rings. The lowest BCUT2D eigenvalue weighted by atomic mass is 10.1. The first kappa shape index (κ1) is 9.65. The van der Waals surface area contributed by atoms with Crippen LogP contribution < -0.4 is 5.73 Å². The van der Waals surface area contributed by atoms with Gasteiger partial charge in [0.05, 0.1) is 0 Å². The zero-order valence-corrected chi connectivity index (χ0v) is 8.64. The van der Waals surface area contributed by atoms with Gasteiger partial charge in [-0.2, -0.15) is 0 Å². The van der Waals surface area contributed by atoms with Crippen molar-refractivity contribution in [3.05, 3.63) is 42.2 Å². The van der Waals surface area contributed by atoms with Gasteiger partial charge < -0.3 is 5.73 Å². The molecule has 1 aromatic heterocycles. The number of nitrogens with two attached hydrogens (primary N) is 1. The van der Waals surface area contributed by atoms with Crippen molar-refractivity contribution < 1.29 is 0 Å². The Hall–Kier alpha value is -1.90. The number of benzene rings is 1. The molecule has 76 valence electrons. The first-order valence-electron chi connectivity index (χ1n) is 4.97. The molecule has 2 N–H and O–H groups in total. The van der Waals surface area contributed by atoms with Gasteiger partial charge in [0.25, 0.3) is 0 Å². The maximum absolute atomic E-state index is 5.86. The third-order valence-corrected chi connectivity index (χ3v) is 2.24. The summed E-state index contributed by atoms with van der Waals surface area (Å²) in [7, 11) is 0. The average molecular weight is 199 g/mol. The maximum atomic E-state index is 5.86. The van der Waals surface area contributed by atoms with Gasteiger partial charge in [-0.25, -0.2) is 0 Å². The van der Waals surface area contributed by atoms with Crippen LogP contribution in [0.2, 0.25) is 0 Å². The number of hydrogen-bond donors (Lipinski definition) is 1. The predicted molar refractivity (Wildman–Crippen MR) is 63.0 cm³/mol. The molecular weight excluding hydrogens is 186 g/mol. The predicted octanol–water partition coefficient (Wildman–Crippen LogP) is 1.96. The Morgan fingerprint density at radius 1 is 1.33 bits per heavy atom. The molecule has 1 heterocycles. The number of hydrogen-bond acceptors (Lipinski definition) is 2. The fourth-order valence-corrected chi connectivity index (χ4v) is 1.57. The molecule has 0 saturated carbocycles. The normalized spacial score (nSPS) is 11.9. The SMILES string of the molecule is CCN=C(N)c1nccc2ccccc12. The van der Waals surface area contributed by atoms with Crippen LogP contribution in [0.3, 0.4) is 0 Å². The molecule has 0 amide bonds. The van der Waals surface area contributed by atoms with E-state index in [2.05, 4.69) is 9.98 Å². The third-order valence-electron chi connectivity index (χ3n) is 2.24. The van der Waals surface area contributed by atoms with E-state index in [4.69, 9.17) is 5.73 Å². The minimum atomic E-state index is 0.509. The van der Waals surface area contributed by atoms with E-state index in [1.807, 2.05) is 37.3 Å². The number of aromatic nitrogens is 1. The Morgan fingerprint density at radius 3 is 2.93 bits per heavy atom. The number of aliphatic imine (C=N–C) groups is 1. The number of amidine groups is 1. The molecule has 0 atom stereocenters. The Kier molecular flexibility index (Phi) is 2.63. The van der Waals surface area contributed by atoms with Gasteiger partial charge in [0, 0.05) is 18.1 Å². The molecule has 0 saturated heterocycles. The van der Waals surface area contributed by atoms with Crippen LogP contribution in [0.5, 0.6) is 0 Å². The molecule has 0 unspecified atom stereocenters. The molecular formula is C12H13N3. The standard InChI is InChI=1S/C12H13N3/c1-2-14-12(13)11-10-6-4-3-5-9(10)7-8-15-11/h3-8H,2H2,1H3,(H2,13,14). The van der Waals surface area contributed by atoms with Gasteiger partial charge in [-0.1, -0.05) is 24.3 Å². The largest absolute Gasteiger partial charge is 0.382 e. The summed E-state index contributed by atoms with van der Waals surface area (Å²) >= 11 is 0. The fourth-order valence-electron chi connectivity index (χ4n) is 1.57. The summed E-state index contributed by atoms with van der Waals surface area (Å²) in [4.78, 5) is 8.45. The van der Waals surface area contributed by atoms with E-state index in [0.717, 1.165) is 16.5 Å². The number of fused-ring (bicyclic) bond motifs is 1. The van der Waals surface area contributed by atoms with E-state index in [1.54, 1.807) is 6.20 Å². The van der Waals surface area contributed by atoms with E-state index < -0.39 is 0 Å². The van der Waals surface area contributed by atoms with Gasteiger partial charge in [-0.3, -0.25) is 9.98 Å². The third kappa shape index (κ3) is 1.81. The molecule has 3 heteroatoms. The van der Waals surface area contributed by atoms with Crippen LogP contribution in [0.4, 0.5) is 0 Å². The summed E-state index contributed by atoms with van der Waals surface area (Å²) < 4.78 is 0. The van der Waals surface area contributed by atoms with Gasteiger partial charge in [0.2, 0.25) is 0 Å². The average Bonchev–Trinajstić information content (AvgIpc) is 2.28. The van der Waals surface area contributed by atoms with Crippen LogP contribution in [0.15, 0.2) is 41.5 Å². The fraction of sp³-hybridized carbons (Fsp3) is 0.167. The van der Waals surface area contributed by atoms with Crippen molar-refractivity contribution in [2.24, 2.45) is 10.7 Å². The van der Waals surface area contributed by atoms with Crippen LogP contribution in [-0.2, 0) is 0 Å². The number of rotatable bonds is 2. The van der Waals surface area contributed by atoms with Crippen molar-refractivity contribution in [3.8, 4) is 0 Å². The summed E-state index contributed by atoms with van der Waals surface area (Å²) in [6.45, 7) is 2.63. The lowest BCUT2D eigenvalue weighted by molar-refractivity contribution is 1.11. The molecule has 0 aliphatic heterocycles. The van der Waals surface area contributed by atoms with Gasteiger partial charge in [0.1, 0.15) is 11.5 Å². The molecule has 0 aliphatic carbocycles. The number of pyridine rings is 1. The topological polar surface area (TPSA) is 51.3 Å². The Bertz CT molecular complexity index is 498. The van der Waals surface area contributed by atoms with Gasteiger partial charge in [-0.05, 0) is 18.4 Å². The van der Waals surface area contributed by atoms with Crippen molar-refractivity contribution in [1.82, 2.24) is 4.98 Å². The molecule has 2 rings (SSSR count). The van der Waals surface area contributed by atoms with Crippen molar-refractivity contribution >= 4 is 16.6 Å².